The molecule has 0 fully saturated rings. The van der Waals surface area contributed by atoms with Crippen molar-refractivity contribution >= 4 is 10.1 Å². The fourth-order valence-corrected chi connectivity index (χ4v) is 1.17. The van der Waals surface area contributed by atoms with Crippen LogP contribution in [0.1, 0.15) is 25.8 Å². The molecule has 118 valence electrons. The lowest BCUT2D eigenvalue weighted by molar-refractivity contribution is -0.936. The minimum absolute atomic E-state index is 0.178. The van der Waals surface area contributed by atoms with Crippen molar-refractivity contribution in [2.45, 2.75) is 38.5 Å². The highest BCUT2D eigenvalue weighted by atomic mass is 32.2. The number of aliphatic hydroxyl groups is 2. The second-order valence-corrected chi connectivity index (χ2v) is 5.80. The van der Waals surface area contributed by atoms with E-state index in [1.54, 1.807) is 26.2 Å². The van der Waals surface area contributed by atoms with Crippen LogP contribution < -0.4 is 4.90 Å². The number of quaternary nitrogens is 1. The third kappa shape index (κ3) is 12.1. The van der Waals surface area contributed by atoms with E-state index in [0.29, 0.717) is 4.90 Å². The largest absolute Gasteiger partial charge is 0.744 e. The van der Waals surface area contributed by atoms with Gasteiger partial charge >= 0.3 is 6.41 Å². The Morgan fingerprint density at radius 1 is 1.15 bits per heavy atom. The highest BCUT2D eigenvalue weighted by Gasteiger charge is 1.99. The lowest BCUT2D eigenvalue weighted by Gasteiger charge is -2.06. The summed E-state index contributed by atoms with van der Waals surface area (Å²) in [5.74, 6) is 0. The summed E-state index contributed by atoms with van der Waals surface area (Å²) in [6.45, 7) is 6.07. The summed E-state index contributed by atoms with van der Waals surface area (Å²) < 4.78 is 31.2. The van der Waals surface area contributed by atoms with Crippen LogP contribution in [0.5, 0.6) is 0 Å². The number of benzene rings is 1. The van der Waals surface area contributed by atoms with E-state index in [-0.39, 0.29) is 4.90 Å². The summed E-state index contributed by atoms with van der Waals surface area (Å²) in [6, 6.07) is 5.78. The van der Waals surface area contributed by atoms with Crippen molar-refractivity contribution in [1.82, 2.24) is 0 Å². The second-order valence-electron chi connectivity index (χ2n) is 4.43. The topological polar surface area (TPSA) is 102 Å². The van der Waals surface area contributed by atoms with Gasteiger partial charge in [-0.2, -0.15) is 0 Å². The Morgan fingerprint density at radius 2 is 1.45 bits per heavy atom. The maximum atomic E-state index is 10.4. The molecule has 1 aromatic carbocycles. The molecule has 0 aliphatic heterocycles. The van der Waals surface area contributed by atoms with Gasteiger partial charge in [0.05, 0.1) is 19.0 Å². The van der Waals surface area contributed by atoms with E-state index >= 15 is 0 Å². The Hall–Kier alpha value is -0.990. The normalized spacial score (nSPS) is 10.5. The molecule has 0 heterocycles. The van der Waals surface area contributed by atoms with Crippen LogP contribution in [-0.4, -0.2) is 43.7 Å². The van der Waals surface area contributed by atoms with Gasteiger partial charge in [0.15, 0.2) is 0 Å². The fraction of sp³-hybridized carbons (Fsp3) is 0.538. The molecule has 0 bridgehead atoms. The van der Waals surface area contributed by atoms with Crippen LogP contribution in [0.15, 0.2) is 29.2 Å². The first kappa shape index (κ1) is 21.3. The lowest BCUT2D eigenvalue weighted by Crippen LogP contribution is -3.10. The molecule has 0 aromatic heterocycles. The highest BCUT2D eigenvalue weighted by Crippen LogP contribution is 2.08. The number of aryl methyl sites for hydroxylation is 1. The zero-order valence-electron chi connectivity index (χ0n) is 12.6. The third-order valence-corrected chi connectivity index (χ3v) is 2.68. The van der Waals surface area contributed by atoms with Crippen molar-refractivity contribution in [3.05, 3.63) is 29.8 Å². The van der Waals surface area contributed by atoms with Crippen LogP contribution >= 0.6 is 0 Å². The number of hydrogen-bond donors (Lipinski definition) is 3. The Bertz CT molecular complexity index is 434. The van der Waals surface area contributed by atoms with Gasteiger partial charge in [0, 0.05) is 0 Å². The van der Waals surface area contributed by atoms with E-state index in [1.165, 1.54) is 18.6 Å². The smallest absolute Gasteiger partial charge is 0.301 e. The van der Waals surface area contributed by atoms with E-state index in [1.807, 2.05) is 6.92 Å². The zero-order valence-corrected chi connectivity index (χ0v) is 13.4. The molecule has 0 unspecified atom stereocenters. The lowest BCUT2D eigenvalue weighted by atomic mass is 10.2. The van der Waals surface area contributed by atoms with Crippen molar-refractivity contribution in [3.8, 4) is 0 Å². The number of rotatable bonds is 2. The average molecular weight is 307 g/mol. The van der Waals surface area contributed by atoms with Crippen LogP contribution in [0.2, 0.25) is 0 Å². The number of hydrogen-bond acceptors (Lipinski definition) is 5. The Morgan fingerprint density at radius 3 is 1.65 bits per heavy atom. The minimum atomic E-state index is -4.27. The minimum Gasteiger partial charge on any atom is -0.744 e. The molecule has 1 rings (SSSR count). The molecule has 0 amide bonds. The van der Waals surface area contributed by atoms with Gasteiger partial charge in [-0.15, -0.1) is 0 Å². The predicted molar refractivity (Wildman–Crippen MR) is 76.1 cm³/mol. The molecule has 0 atom stereocenters. The third-order valence-electron chi connectivity index (χ3n) is 1.83. The van der Waals surface area contributed by atoms with E-state index in [9.17, 15) is 13.0 Å². The molecule has 0 aliphatic carbocycles. The van der Waals surface area contributed by atoms with Crippen molar-refractivity contribution in [2.24, 2.45) is 0 Å². The monoisotopic (exact) mass is 307 g/mol. The van der Waals surface area contributed by atoms with Crippen LogP contribution in [0.25, 0.3) is 0 Å². The van der Waals surface area contributed by atoms with Crippen LogP contribution in [-0.2, 0) is 10.1 Å². The molecule has 1 aromatic rings. The first-order valence-electron chi connectivity index (χ1n) is 6.24. The fourth-order valence-electron chi connectivity index (χ4n) is 0.705. The van der Waals surface area contributed by atoms with Gasteiger partial charge in [-0.05, 0) is 19.1 Å². The van der Waals surface area contributed by atoms with Gasteiger partial charge in [-0.3, -0.25) is 4.90 Å². The Balaban J connectivity index is 0. The first-order chi connectivity index (χ1) is 9.06. The van der Waals surface area contributed by atoms with Crippen LogP contribution in [0.3, 0.4) is 0 Å². The summed E-state index contributed by atoms with van der Waals surface area (Å²) in [7, 11) is -0.955. The quantitative estimate of drug-likeness (QED) is 0.515. The van der Waals surface area contributed by atoms with Crippen LogP contribution in [0.4, 0.5) is 0 Å². The maximum absolute atomic E-state index is 10.4. The molecule has 0 spiro atoms. The van der Waals surface area contributed by atoms with Gasteiger partial charge in [0.1, 0.15) is 10.1 Å². The zero-order chi connectivity index (χ0) is 16.3. The summed E-state index contributed by atoms with van der Waals surface area (Å²) in [5, 5.41) is 16.3. The molecule has 0 saturated carbocycles. The van der Waals surface area contributed by atoms with Crippen LogP contribution in [0, 0.1) is 6.92 Å². The second kappa shape index (κ2) is 10.8. The Kier molecular flexibility index (Phi) is 11.5. The highest BCUT2D eigenvalue weighted by molar-refractivity contribution is 7.85. The van der Waals surface area contributed by atoms with Crippen molar-refractivity contribution in [1.29, 1.82) is 0 Å². The van der Waals surface area contributed by atoms with Gasteiger partial charge in [-0.25, -0.2) is 8.42 Å². The molecular weight excluding hydrogens is 282 g/mol. The van der Waals surface area contributed by atoms with Gasteiger partial charge in [0.25, 0.3) is 0 Å². The maximum Gasteiger partial charge on any atom is 0.301 e. The molecule has 6 nitrogen and oxygen atoms in total. The van der Waals surface area contributed by atoms with Gasteiger partial charge in [-0.1, -0.05) is 38.0 Å². The molecule has 20 heavy (non-hydrogen) atoms. The van der Waals surface area contributed by atoms with Gasteiger partial charge in [0.2, 0.25) is 0 Å². The first-order valence-corrected chi connectivity index (χ1v) is 7.65. The van der Waals surface area contributed by atoms with Crippen molar-refractivity contribution in [2.75, 3.05) is 14.1 Å². The summed E-state index contributed by atoms with van der Waals surface area (Å²) >= 11 is 0. The van der Waals surface area contributed by atoms with E-state index in [2.05, 4.69) is 13.8 Å². The van der Waals surface area contributed by atoms with E-state index in [4.69, 9.17) is 10.2 Å². The standard InChI is InChI=1S/C7H8O3S.C3H9NO2.C3H8/c1-6-2-4-7(5-3-6)11(8,9)10;1-4(2)3(5)6;1-3-2/h2-5H,1H3,(H,8,9,10);3,5-6H,1-2H3;3H2,1-2H3. The summed E-state index contributed by atoms with van der Waals surface area (Å²) in [5.41, 5.74) is 0.928. The number of aliphatic hydroxyl groups excluding tert-OH is 1. The molecule has 0 saturated heterocycles. The summed E-state index contributed by atoms with van der Waals surface area (Å²) in [4.78, 5) is 0.443. The van der Waals surface area contributed by atoms with Crippen molar-refractivity contribution < 1.29 is 28.1 Å². The molecule has 7 heteroatoms. The molecular formula is C13H25NO5S. The van der Waals surface area contributed by atoms with Crippen molar-refractivity contribution in [3.63, 3.8) is 0 Å². The predicted octanol–water partition coefficient (Wildman–Crippen LogP) is -0.285. The SMILES string of the molecule is CCC.C[NH+](C)C(O)O.Cc1ccc(S(=O)(=O)[O-])cc1. The summed E-state index contributed by atoms with van der Waals surface area (Å²) in [6.07, 6.45) is 0.0185. The molecule has 0 radical (unpaired) electrons. The van der Waals surface area contributed by atoms with E-state index in [0.717, 1.165) is 5.56 Å². The molecule has 3 N–H and O–H groups in total. The number of nitrogens with one attached hydrogen (secondary N) is 1. The Labute approximate surface area is 121 Å². The van der Waals surface area contributed by atoms with E-state index < -0.39 is 16.5 Å². The molecule has 0 aliphatic rings. The van der Waals surface area contributed by atoms with Gasteiger partial charge < -0.3 is 14.8 Å². The average Bonchev–Trinajstić information content (AvgIpc) is 2.30.